The molecule has 1 aromatic rings. The van der Waals surface area contributed by atoms with Crippen molar-refractivity contribution in [3.05, 3.63) is 39.8 Å². The van der Waals surface area contributed by atoms with Gasteiger partial charge in [0.25, 0.3) is 5.91 Å². The van der Waals surface area contributed by atoms with Crippen LogP contribution in [0.15, 0.2) is 29.2 Å². The molecule has 0 aliphatic carbocycles. The van der Waals surface area contributed by atoms with Crippen molar-refractivity contribution < 1.29 is 14.7 Å². The molecule has 0 spiro atoms. The minimum atomic E-state index is -0.173. The second kappa shape index (κ2) is 9.87. The molecule has 8 heteroatoms. The van der Waals surface area contributed by atoms with E-state index in [0.29, 0.717) is 20.7 Å². The van der Waals surface area contributed by atoms with Crippen LogP contribution in [-0.2, 0) is 9.59 Å². The number of aliphatic hydroxyl groups is 1. The van der Waals surface area contributed by atoms with Gasteiger partial charge in [0.15, 0.2) is 0 Å². The Hall–Kier alpha value is -1.41. The molecule has 0 aromatic heterocycles. The number of halogens is 1. The van der Waals surface area contributed by atoms with Gasteiger partial charge in [-0.3, -0.25) is 14.5 Å². The van der Waals surface area contributed by atoms with Crippen molar-refractivity contribution in [1.29, 1.82) is 0 Å². The SMILES string of the molecule is O=C1/C(=C/c2cccc(Cl)c2)SC(=S)N1CCC(=O)N1CCCC[C@@H]1CCO. The molecule has 2 aliphatic rings. The number of amides is 2. The number of carbonyl (C=O) groups excluding carboxylic acids is 2. The van der Waals surface area contributed by atoms with Crippen LogP contribution in [0.25, 0.3) is 6.08 Å². The molecular formula is C20H23ClN2O3S2. The number of nitrogens with zero attached hydrogens (tertiary/aromatic N) is 2. The molecule has 1 atom stereocenters. The van der Waals surface area contributed by atoms with Crippen LogP contribution in [0.1, 0.15) is 37.7 Å². The molecular weight excluding hydrogens is 416 g/mol. The molecule has 1 N–H and O–H groups in total. The van der Waals surface area contributed by atoms with E-state index < -0.39 is 0 Å². The summed E-state index contributed by atoms with van der Waals surface area (Å²) in [5.41, 5.74) is 0.837. The van der Waals surface area contributed by atoms with E-state index in [1.807, 2.05) is 17.0 Å². The molecule has 0 bridgehead atoms. The van der Waals surface area contributed by atoms with Gasteiger partial charge in [-0.2, -0.15) is 0 Å². The van der Waals surface area contributed by atoms with Gasteiger partial charge >= 0.3 is 0 Å². The first-order chi connectivity index (χ1) is 13.5. The Bertz CT molecular complexity index is 797. The quantitative estimate of drug-likeness (QED) is 0.542. The first kappa shape index (κ1) is 21.3. The number of thioether (sulfide) groups is 1. The first-order valence-electron chi connectivity index (χ1n) is 9.41. The van der Waals surface area contributed by atoms with Crippen LogP contribution >= 0.6 is 35.6 Å². The monoisotopic (exact) mass is 438 g/mol. The molecule has 2 heterocycles. The third-order valence-electron chi connectivity index (χ3n) is 4.98. The molecule has 1 aromatic carbocycles. The summed E-state index contributed by atoms with van der Waals surface area (Å²) in [5.74, 6) is -0.153. The summed E-state index contributed by atoms with van der Waals surface area (Å²) in [6.45, 7) is 1.08. The van der Waals surface area contributed by atoms with E-state index >= 15 is 0 Å². The number of hydrogen-bond acceptors (Lipinski definition) is 5. The molecule has 2 saturated heterocycles. The topological polar surface area (TPSA) is 60.9 Å². The zero-order valence-electron chi connectivity index (χ0n) is 15.5. The van der Waals surface area contributed by atoms with E-state index in [9.17, 15) is 14.7 Å². The minimum Gasteiger partial charge on any atom is -0.396 e. The molecule has 3 rings (SSSR count). The standard InChI is InChI=1S/C20H23ClN2O3S2/c21-15-5-3-4-14(12-15)13-17-19(26)23(20(27)28-17)10-7-18(25)22-9-2-1-6-16(22)8-11-24/h3-5,12-13,16,24H,1-2,6-11H2/b17-13-/t16-/m1/s1. The normalized spacial score (nSPS) is 21.6. The molecule has 28 heavy (non-hydrogen) atoms. The van der Waals surface area contributed by atoms with E-state index in [-0.39, 0.29) is 37.4 Å². The van der Waals surface area contributed by atoms with Crippen LogP contribution in [0.2, 0.25) is 5.02 Å². The van der Waals surface area contributed by atoms with Gasteiger partial charge in [0.05, 0.1) is 4.91 Å². The van der Waals surface area contributed by atoms with E-state index in [1.165, 1.54) is 16.7 Å². The average molecular weight is 439 g/mol. The highest BCUT2D eigenvalue weighted by Crippen LogP contribution is 2.33. The fraction of sp³-hybridized carbons (Fsp3) is 0.450. The fourth-order valence-electron chi connectivity index (χ4n) is 3.57. The molecule has 2 fully saturated rings. The Morgan fingerprint density at radius 2 is 2.21 bits per heavy atom. The molecule has 0 radical (unpaired) electrons. The van der Waals surface area contributed by atoms with Gasteiger partial charge in [0.2, 0.25) is 5.91 Å². The van der Waals surface area contributed by atoms with Gasteiger partial charge in [0, 0.05) is 37.2 Å². The zero-order valence-corrected chi connectivity index (χ0v) is 17.9. The van der Waals surface area contributed by atoms with Crippen molar-refractivity contribution in [1.82, 2.24) is 9.80 Å². The van der Waals surface area contributed by atoms with Crippen molar-refractivity contribution in [2.75, 3.05) is 19.7 Å². The number of likely N-dealkylation sites (tertiary alicyclic amines) is 1. The maximum Gasteiger partial charge on any atom is 0.266 e. The predicted molar refractivity (Wildman–Crippen MR) is 117 cm³/mol. The molecule has 2 aliphatic heterocycles. The average Bonchev–Trinajstić information content (AvgIpc) is 2.93. The van der Waals surface area contributed by atoms with Gasteiger partial charge in [0.1, 0.15) is 4.32 Å². The number of carbonyl (C=O) groups is 2. The number of hydrogen-bond donors (Lipinski definition) is 1. The van der Waals surface area contributed by atoms with Crippen molar-refractivity contribution in [3.63, 3.8) is 0 Å². The van der Waals surface area contributed by atoms with Gasteiger partial charge < -0.3 is 10.0 Å². The van der Waals surface area contributed by atoms with Crippen molar-refractivity contribution in [3.8, 4) is 0 Å². The Morgan fingerprint density at radius 3 is 2.96 bits per heavy atom. The molecule has 0 saturated carbocycles. The zero-order chi connectivity index (χ0) is 20.1. The van der Waals surface area contributed by atoms with E-state index in [2.05, 4.69) is 0 Å². The van der Waals surface area contributed by atoms with Crippen LogP contribution in [0.3, 0.4) is 0 Å². The van der Waals surface area contributed by atoms with Gasteiger partial charge in [-0.05, 0) is 49.5 Å². The second-order valence-electron chi connectivity index (χ2n) is 6.89. The predicted octanol–water partition coefficient (Wildman–Crippen LogP) is 3.69. The Balaban J connectivity index is 1.62. The van der Waals surface area contributed by atoms with Crippen molar-refractivity contribution >= 4 is 57.8 Å². The Kier molecular flexibility index (Phi) is 7.51. The van der Waals surface area contributed by atoms with Crippen LogP contribution in [0.4, 0.5) is 0 Å². The van der Waals surface area contributed by atoms with Crippen LogP contribution in [0.5, 0.6) is 0 Å². The van der Waals surface area contributed by atoms with E-state index in [1.54, 1.807) is 18.2 Å². The van der Waals surface area contributed by atoms with Gasteiger partial charge in [-0.1, -0.05) is 47.7 Å². The summed E-state index contributed by atoms with van der Waals surface area (Å²) >= 11 is 12.6. The Morgan fingerprint density at radius 1 is 1.39 bits per heavy atom. The molecule has 0 unspecified atom stereocenters. The van der Waals surface area contributed by atoms with Crippen molar-refractivity contribution in [2.24, 2.45) is 0 Å². The second-order valence-corrected chi connectivity index (χ2v) is 9.00. The van der Waals surface area contributed by atoms with Crippen LogP contribution in [0, 0.1) is 0 Å². The summed E-state index contributed by atoms with van der Waals surface area (Å²) in [4.78, 5) is 29.3. The maximum atomic E-state index is 12.7. The number of rotatable bonds is 6. The number of thiocarbonyl (C=S) groups is 1. The number of benzene rings is 1. The summed E-state index contributed by atoms with van der Waals surface area (Å²) in [6.07, 6.45) is 5.60. The third-order valence-corrected chi connectivity index (χ3v) is 6.59. The first-order valence-corrected chi connectivity index (χ1v) is 11.0. The lowest BCUT2D eigenvalue weighted by Crippen LogP contribution is -2.45. The largest absolute Gasteiger partial charge is 0.396 e. The number of piperidine rings is 1. The van der Waals surface area contributed by atoms with E-state index in [0.717, 1.165) is 31.4 Å². The van der Waals surface area contributed by atoms with Gasteiger partial charge in [-0.15, -0.1) is 0 Å². The smallest absolute Gasteiger partial charge is 0.266 e. The van der Waals surface area contributed by atoms with Crippen molar-refractivity contribution in [2.45, 2.75) is 38.1 Å². The summed E-state index contributed by atoms with van der Waals surface area (Å²) in [5, 5.41) is 9.84. The highest BCUT2D eigenvalue weighted by atomic mass is 35.5. The van der Waals surface area contributed by atoms with Crippen LogP contribution in [-0.4, -0.2) is 56.8 Å². The third kappa shape index (κ3) is 5.14. The highest BCUT2D eigenvalue weighted by Gasteiger charge is 2.33. The molecule has 150 valence electrons. The molecule has 2 amide bonds. The summed E-state index contributed by atoms with van der Waals surface area (Å²) in [6, 6.07) is 7.37. The number of aliphatic hydroxyl groups excluding tert-OH is 1. The van der Waals surface area contributed by atoms with Gasteiger partial charge in [-0.25, -0.2) is 0 Å². The maximum absolute atomic E-state index is 12.7. The lowest BCUT2D eigenvalue weighted by atomic mass is 9.99. The summed E-state index contributed by atoms with van der Waals surface area (Å²) in [7, 11) is 0. The van der Waals surface area contributed by atoms with Crippen LogP contribution < -0.4 is 0 Å². The lowest BCUT2D eigenvalue weighted by Gasteiger charge is -2.36. The lowest BCUT2D eigenvalue weighted by molar-refractivity contribution is -0.135. The minimum absolute atomic E-state index is 0.0195. The summed E-state index contributed by atoms with van der Waals surface area (Å²) < 4.78 is 0.469. The highest BCUT2D eigenvalue weighted by molar-refractivity contribution is 8.26. The molecule has 5 nitrogen and oxygen atoms in total. The fourth-order valence-corrected chi connectivity index (χ4v) is 5.08. The Labute approximate surface area is 179 Å². The van der Waals surface area contributed by atoms with E-state index in [4.69, 9.17) is 23.8 Å².